The van der Waals surface area contributed by atoms with Crippen molar-refractivity contribution in [1.82, 2.24) is 0 Å². The van der Waals surface area contributed by atoms with Gasteiger partial charge in [0.2, 0.25) is 0 Å². The van der Waals surface area contributed by atoms with Gasteiger partial charge in [0.05, 0.1) is 7.11 Å². The summed E-state index contributed by atoms with van der Waals surface area (Å²) in [5.41, 5.74) is 7.17. The fourth-order valence-electron chi connectivity index (χ4n) is 3.11. The molecule has 0 amide bonds. The van der Waals surface area contributed by atoms with Crippen LogP contribution in [0.5, 0.6) is 5.75 Å². The maximum absolute atomic E-state index is 12.3. The minimum atomic E-state index is 0.165. The molecule has 1 aromatic rings. The van der Waals surface area contributed by atoms with Crippen molar-refractivity contribution in [2.75, 3.05) is 7.11 Å². The van der Waals surface area contributed by atoms with Crippen LogP contribution in [-0.4, -0.2) is 12.9 Å². The van der Waals surface area contributed by atoms with Gasteiger partial charge in [-0.05, 0) is 55.2 Å². The van der Waals surface area contributed by atoms with Gasteiger partial charge in [-0.1, -0.05) is 25.5 Å². The summed E-state index contributed by atoms with van der Waals surface area (Å²) in [6.07, 6.45) is 0.506. The van der Waals surface area contributed by atoms with Gasteiger partial charge in [-0.3, -0.25) is 4.79 Å². The lowest BCUT2D eigenvalue weighted by atomic mass is 9.87. The van der Waals surface area contributed by atoms with E-state index in [0.717, 1.165) is 16.9 Å². The van der Waals surface area contributed by atoms with E-state index in [1.54, 1.807) is 7.11 Å². The number of rotatable bonds is 4. The van der Waals surface area contributed by atoms with E-state index in [2.05, 4.69) is 27.7 Å². The predicted molar refractivity (Wildman–Crippen MR) is 87.7 cm³/mol. The van der Waals surface area contributed by atoms with Crippen molar-refractivity contribution < 1.29 is 9.53 Å². The summed E-state index contributed by atoms with van der Waals surface area (Å²) in [4.78, 5) is 12.3. The van der Waals surface area contributed by atoms with Crippen molar-refractivity contribution in [1.29, 1.82) is 0 Å². The Hall–Kier alpha value is -1.83. The molecule has 0 bridgehead atoms. The van der Waals surface area contributed by atoms with E-state index in [1.807, 2.05) is 25.1 Å². The molecule has 0 saturated carbocycles. The molecular formula is C19H24O2. The number of allylic oxidation sites excluding steroid dienone is 4. The number of hydrogen-bond acceptors (Lipinski definition) is 2. The van der Waals surface area contributed by atoms with Crippen molar-refractivity contribution in [3.05, 3.63) is 46.0 Å². The van der Waals surface area contributed by atoms with Crippen molar-refractivity contribution in [2.24, 2.45) is 5.92 Å². The first-order valence-corrected chi connectivity index (χ1v) is 7.52. The van der Waals surface area contributed by atoms with Crippen LogP contribution in [0.2, 0.25) is 0 Å². The van der Waals surface area contributed by atoms with Gasteiger partial charge in [-0.25, -0.2) is 0 Å². The first kappa shape index (κ1) is 15.6. The number of benzene rings is 1. The Morgan fingerprint density at radius 3 is 2.33 bits per heavy atom. The van der Waals surface area contributed by atoms with E-state index in [0.29, 0.717) is 12.3 Å². The van der Waals surface area contributed by atoms with Gasteiger partial charge in [-0.2, -0.15) is 0 Å². The molecule has 2 nitrogen and oxygen atoms in total. The Balaban J connectivity index is 2.63. The molecule has 1 aromatic carbocycles. The molecule has 1 unspecified atom stereocenters. The Labute approximate surface area is 127 Å². The van der Waals surface area contributed by atoms with Crippen LogP contribution >= 0.6 is 0 Å². The molecular weight excluding hydrogens is 260 g/mol. The zero-order valence-corrected chi connectivity index (χ0v) is 13.8. The van der Waals surface area contributed by atoms with Crippen molar-refractivity contribution in [3.63, 3.8) is 0 Å². The minimum Gasteiger partial charge on any atom is -0.497 e. The molecule has 0 spiro atoms. The normalized spacial score (nSPS) is 18.5. The highest BCUT2D eigenvalue weighted by molar-refractivity contribution is 6.02. The molecule has 0 heterocycles. The highest BCUT2D eigenvalue weighted by atomic mass is 16.5. The summed E-state index contributed by atoms with van der Waals surface area (Å²) in [5, 5.41) is 0. The van der Waals surface area contributed by atoms with E-state index in [-0.39, 0.29) is 5.78 Å². The third kappa shape index (κ3) is 2.55. The van der Waals surface area contributed by atoms with Crippen molar-refractivity contribution >= 4 is 11.4 Å². The van der Waals surface area contributed by atoms with Crippen molar-refractivity contribution in [2.45, 2.75) is 41.0 Å². The number of methoxy groups -OCH3 is 1. The number of Topliss-reactive ketones (excluding diaryl/α,β-unsaturated/α-hetero) is 1. The summed E-state index contributed by atoms with van der Waals surface area (Å²) in [7, 11) is 1.63. The summed E-state index contributed by atoms with van der Waals surface area (Å²) >= 11 is 0. The molecule has 0 N–H and O–H groups in total. The lowest BCUT2D eigenvalue weighted by molar-refractivity contribution is 0.0987. The van der Waals surface area contributed by atoms with Crippen LogP contribution in [0.4, 0.5) is 0 Å². The average Bonchev–Trinajstić information content (AvgIpc) is 2.70. The van der Waals surface area contributed by atoms with Gasteiger partial charge in [0.1, 0.15) is 5.75 Å². The second-order valence-corrected chi connectivity index (χ2v) is 5.76. The zero-order chi connectivity index (χ0) is 15.7. The predicted octanol–water partition coefficient (Wildman–Crippen LogP) is 5.05. The Morgan fingerprint density at radius 2 is 1.86 bits per heavy atom. The molecule has 0 fully saturated rings. The van der Waals surface area contributed by atoms with E-state index < -0.39 is 0 Å². The molecule has 0 radical (unpaired) electrons. The topological polar surface area (TPSA) is 26.3 Å². The smallest absolute Gasteiger partial charge is 0.163 e. The fourth-order valence-corrected chi connectivity index (χ4v) is 3.11. The molecule has 1 aliphatic rings. The molecule has 1 aliphatic carbocycles. The Bertz CT molecular complexity index is 648. The second-order valence-electron chi connectivity index (χ2n) is 5.76. The summed E-state index contributed by atoms with van der Waals surface area (Å²) in [5.74, 6) is 1.27. The Morgan fingerprint density at radius 1 is 1.19 bits per heavy atom. The molecule has 0 saturated heterocycles. The van der Waals surface area contributed by atoms with Crippen LogP contribution in [0.1, 0.15) is 57.0 Å². The SMILES string of the molecule is CCC(=O)c1cc(OC)ccc1C1=C(C)C(C)=C(C)C1C. The maximum Gasteiger partial charge on any atom is 0.163 e. The van der Waals surface area contributed by atoms with Crippen LogP contribution in [0.15, 0.2) is 34.9 Å². The first-order valence-electron chi connectivity index (χ1n) is 7.52. The highest BCUT2D eigenvalue weighted by Crippen LogP contribution is 2.43. The number of hydrogen-bond donors (Lipinski definition) is 0. The van der Waals surface area contributed by atoms with Crippen LogP contribution < -0.4 is 4.74 Å². The first-order chi connectivity index (χ1) is 9.92. The molecule has 1 atom stereocenters. The van der Waals surface area contributed by atoms with E-state index in [1.165, 1.54) is 22.3 Å². The van der Waals surface area contributed by atoms with E-state index in [4.69, 9.17) is 4.74 Å². The fraction of sp³-hybridized carbons (Fsp3) is 0.421. The number of ketones is 1. The zero-order valence-electron chi connectivity index (χ0n) is 13.8. The average molecular weight is 284 g/mol. The van der Waals surface area contributed by atoms with Gasteiger partial charge in [-0.15, -0.1) is 0 Å². The molecule has 0 aromatic heterocycles. The standard InChI is InChI=1S/C19H24O2/c1-7-18(20)17-10-15(21-6)8-9-16(17)19-13(4)11(2)12(3)14(19)5/h8-10,13H,7H2,1-6H3. The summed E-state index contributed by atoms with van der Waals surface area (Å²) in [6.45, 7) is 10.6. The molecule has 0 aliphatic heterocycles. The van der Waals surface area contributed by atoms with Crippen LogP contribution in [0.3, 0.4) is 0 Å². The monoisotopic (exact) mass is 284 g/mol. The van der Waals surface area contributed by atoms with Gasteiger partial charge < -0.3 is 4.74 Å². The summed E-state index contributed by atoms with van der Waals surface area (Å²) in [6, 6.07) is 5.85. The maximum atomic E-state index is 12.3. The van der Waals surface area contributed by atoms with Gasteiger partial charge in [0.25, 0.3) is 0 Å². The van der Waals surface area contributed by atoms with Gasteiger partial charge in [0.15, 0.2) is 5.78 Å². The van der Waals surface area contributed by atoms with Crippen molar-refractivity contribution in [3.8, 4) is 5.75 Å². The lowest BCUT2D eigenvalue weighted by Gasteiger charge is -2.17. The minimum absolute atomic E-state index is 0.165. The van der Waals surface area contributed by atoms with E-state index >= 15 is 0 Å². The van der Waals surface area contributed by atoms with Crippen LogP contribution in [0.25, 0.3) is 5.57 Å². The molecule has 21 heavy (non-hydrogen) atoms. The van der Waals surface area contributed by atoms with E-state index in [9.17, 15) is 4.79 Å². The molecule has 112 valence electrons. The Kier molecular flexibility index (Phi) is 4.36. The third-order valence-electron chi connectivity index (χ3n) is 4.78. The van der Waals surface area contributed by atoms with Gasteiger partial charge in [0, 0.05) is 17.9 Å². The number of ether oxygens (including phenoxy) is 1. The second kappa shape index (κ2) is 5.88. The number of carbonyl (C=O) groups excluding carboxylic acids is 1. The summed E-state index contributed by atoms with van der Waals surface area (Å²) < 4.78 is 5.28. The van der Waals surface area contributed by atoms with Crippen LogP contribution in [-0.2, 0) is 0 Å². The molecule has 2 heteroatoms. The highest BCUT2D eigenvalue weighted by Gasteiger charge is 2.27. The molecule has 2 rings (SSSR count). The van der Waals surface area contributed by atoms with Crippen LogP contribution in [0, 0.1) is 5.92 Å². The quantitative estimate of drug-likeness (QED) is 0.723. The number of carbonyl (C=O) groups is 1. The largest absolute Gasteiger partial charge is 0.497 e. The lowest BCUT2D eigenvalue weighted by Crippen LogP contribution is -2.06. The third-order valence-corrected chi connectivity index (χ3v) is 4.78. The van der Waals surface area contributed by atoms with Gasteiger partial charge >= 0.3 is 0 Å².